The van der Waals surface area contributed by atoms with Gasteiger partial charge in [0.2, 0.25) is 0 Å². The summed E-state index contributed by atoms with van der Waals surface area (Å²) in [5.74, 6) is 0.464. The third-order valence-corrected chi connectivity index (χ3v) is 2.35. The standard InChI is InChI=1S/C12H18FN.ClH/c1-9(2)3-8-12(14)10-4-6-11(13)7-5-10;/h4-7,9,12H,3,8,14H2,1-2H3;1H/t12-;/m0./s1. The van der Waals surface area contributed by atoms with E-state index in [1.165, 1.54) is 12.1 Å². The van der Waals surface area contributed by atoms with Crippen molar-refractivity contribution in [1.29, 1.82) is 0 Å². The van der Waals surface area contributed by atoms with E-state index in [4.69, 9.17) is 5.73 Å². The van der Waals surface area contributed by atoms with Gasteiger partial charge in [0.25, 0.3) is 0 Å². The number of benzene rings is 1. The van der Waals surface area contributed by atoms with Gasteiger partial charge in [0.05, 0.1) is 0 Å². The third kappa shape index (κ3) is 5.14. The minimum atomic E-state index is -0.204. The quantitative estimate of drug-likeness (QED) is 0.841. The zero-order chi connectivity index (χ0) is 10.6. The van der Waals surface area contributed by atoms with Crippen molar-refractivity contribution < 1.29 is 4.39 Å². The molecule has 0 saturated carbocycles. The van der Waals surface area contributed by atoms with Crippen molar-refractivity contribution in [3.8, 4) is 0 Å². The molecular weight excluding hydrogens is 213 g/mol. The second-order valence-electron chi connectivity index (χ2n) is 4.13. The number of nitrogens with two attached hydrogens (primary N) is 1. The van der Waals surface area contributed by atoms with Gasteiger partial charge in [-0.1, -0.05) is 26.0 Å². The van der Waals surface area contributed by atoms with Crippen LogP contribution in [-0.2, 0) is 0 Å². The first kappa shape index (κ1) is 14.4. The molecule has 2 N–H and O–H groups in total. The molecule has 0 fully saturated rings. The van der Waals surface area contributed by atoms with Gasteiger partial charge < -0.3 is 5.73 Å². The van der Waals surface area contributed by atoms with Crippen LogP contribution in [0, 0.1) is 11.7 Å². The van der Waals surface area contributed by atoms with E-state index in [1.807, 2.05) is 0 Å². The molecule has 0 saturated heterocycles. The fraction of sp³-hybridized carbons (Fsp3) is 0.500. The molecule has 0 bridgehead atoms. The molecule has 1 aromatic rings. The van der Waals surface area contributed by atoms with Gasteiger partial charge in [-0.3, -0.25) is 0 Å². The Morgan fingerprint density at radius 1 is 1.13 bits per heavy atom. The van der Waals surface area contributed by atoms with Crippen molar-refractivity contribution in [1.82, 2.24) is 0 Å². The lowest BCUT2D eigenvalue weighted by Crippen LogP contribution is -2.11. The number of hydrogen-bond donors (Lipinski definition) is 1. The van der Waals surface area contributed by atoms with Gasteiger partial charge in [0, 0.05) is 6.04 Å². The maximum absolute atomic E-state index is 12.6. The van der Waals surface area contributed by atoms with Gasteiger partial charge in [0.15, 0.2) is 0 Å². The lowest BCUT2D eigenvalue weighted by molar-refractivity contribution is 0.506. The van der Waals surface area contributed by atoms with Crippen LogP contribution >= 0.6 is 12.4 Å². The zero-order valence-corrected chi connectivity index (χ0v) is 10.1. The summed E-state index contributed by atoms with van der Waals surface area (Å²) in [6, 6.07) is 6.49. The van der Waals surface area contributed by atoms with Gasteiger partial charge in [0.1, 0.15) is 5.82 Å². The summed E-state index contributed by atoms with van der Waals surface area (Å²) >= 11 is 0. The summed E-state index contributed by atoms with van der Waals surface area (Å²) in [6.45, 7) is 4.36. The van der Waals surface area contributed by atoms with Crippen LogP contribution < -0.4 is 5.73 Å². The van der Waals surface area contributed by atoms with Gasteiger partial charge in [-0.05, 0) is 36.5 Å². The van der Waals surface area contributed by atoms with Gasteiger partial charge in [-0.15, -0.1) is 12.4 Å². The monoisotopic (exact) mass is 231 g/mol. The fourth-order valence-corrected chi connectivity index (χ4v) is 1.39. The summed E-state index contributed by atoms with van der Waals surface area (Å²) < 4.78 is 12.6. The highest BCUT2D eigenvalue weighted by Crippen LogP contribution is 2.18. The van der Waals surface area contributed by atoms with Crippen LogP contribution in [0.1, 0.15) is 38.3 Å². The molecule has 0 aliphatic carbocycles. The predicted octanol–water partition coefficient (Wildman–Crippen LogP) is 3.68. The summed E-state index contributed by atoms with van der Waals surface area (Å²) in [4.78, 5) is 0. The molecule has 0 radical (unpaired) electrons. The summed E-state index contributed by atoms with van der Waals surface area (Å²) in [5, 5.41) is 0. The molecule has 0 aliphatic rings. The second kappa shape index (κ2) is 6.81. The maximum Gasteiger partial charge on any atom is 0.123 e. The Kier molecular flexibility index (Phi) is 6.53. The smallest absolute Gasteiger partial charge is 0.123 e. The Morgan fingerprint density at radius 3 is 2.13 bits per heavy atom. The van der Waals surface area contributed by atoms with E-state index in [9.17, 15) is 4.39 Å². The van der Waals surface area contributed by atoms with Crippen LogP contribution in [0.2, 0.25) is 0 Å². The highest BCUT2D eigenvalue weighted by atomic mass is 35.5. The Morgan fingerprint density at radius 2 is 1.67 bits per heavy atom. The largest absolute Gasteiger partial charge is 0.324 e. The van der Waals surface area contributed by atoms with Gasteiger partial charge in [-0.25, -0.2) is 4.39 Å². The molecule has 0 aliphatic heterocycles. The lowest BCUT2D eigenvalue weighted by atomic mass is 9.98. The number of hydrogen-bond acceptors (Lipinski definition) is 1. The SMILES string of the molecule is CC(C)CC[C@H](N)c1ccc(F)cc1.Cl. The third-order valence-electron chi connectivity index (χ3n) is 2.35. The van der Waals surface area contributed by atoms with E-state index in [2.05, 4.69) is 13.8 Å². The molecule has 1 nitrogen and oxygen atoms in total. The molecule has 3 heteroatoms. The first-order valence-electron chi connectivity index (χ1n) is 5.10. The van der Waals surface area contributed by atoms with Crippen LogP contribution in [-0.4, -0.2) is 0 Å². The summed E-state index contributed by atoms with van der Waals surface area (Å²) in [5.41, 5.74) is 6.99. The minimum Gasteiger partial charge on any atom is -0.324 e. The highest BCUT2D eigenvalue weighted by Gasteiger charge is 2.06. The molecule has 0 unspecified atom stereocenters. The molecule has 1 aromatic carbocycles. The maximum atomic E-state index is 12.6. The minimum absolute atomic E-state index is 0. The summed E-state index contributed by atoms with van der Waals surface area (Å²) in [7, 11) is 0. The number of halogens is 2. The molecule has 0 heterocycles. The average molecular weight is 232 g/mol. The lowest BCUT2D eigenvalue weighted by Gasteiger charge is -2.13. The predicted molar refractivity (Wildman–Crippen MR) is 64.6 cm³/mol. The van der Waals surface area contributed by atoms with Crippen LogP contribution in [0.3, 0.4) is 0 Å². The molecular formula is C12H19ClFN. The van der Waals surface area contributed by atoms with E-state index in [0.717, 1.165) is 18.4 Å². The summed E-state index contributed by atoms with van der Waals surface area (Å²) in [6.07, 6.45) is 2.07. The molecule has 86 valence electrons. The average Bonchev–Trinajstić information content (AvgIpc) is 2.15. The highest BCUT2D eigenvalue weighted by molar-refractivity contribution is 5.85. The van der Waals surface area contributed by atoms with Crippen LogP contribution in [0.5, 0.6) is 0 Å². The molecule has 0 amide bonds. The number of rotatable bonds is 4. The Balaban J connectivity index is 0.00000196. The van der Waals surface area contributed by atoms with E-state index < -0.39 is 0 Å². The fourth-order valence-electron chi connectivity index (χ4n) is 1.39. The Labute approximate surface area is 97.3 Å². The van der Waals surface area contributed by atoms with E-state index in [0.29, 0.717) is 5.92 Å². The molecule has 1 rings (SSSR count). The topological polar surface area (TPSA) is 26.0 Å². The van der Waals surface area contributed by atoms with Crippen LogP contribution in [0.15, 0.2) is 24.3 Å². The molecule has 0 aromatic heterocycles. The molecule has 0 spiro atoms. The molecule has 1 atom stereocenters. The van der Waals surface area contributed by atoms with Crippen molar-refractivity contribution in [2.75, 3.05) is 0 Å². The van der Waals surface area contributed by atoms with Gasteiger partial charge in [-0.2, -0.15) is 0 Å². The normalized spacial score (nSPS) is 12.3. The van der Waals surface area contributed by atoms with Crippen LogP contribution in [0.25, 0.3) is 0 Å². The van der Waals surface area contributed by atoms with Crippen LogP contribution in [0.4, 0.5) is 4.39 Å². The Hall–Kier alpha value is -0.600. The van der Waals surface area contributed by atoms with Crippen molar-refractivity contribution >= 4 is 12.4 Å². The van der Waals surface area contributed by atoms with E-state index in [1.54, 1.807) is 12.1 Å². The van der Waals surface area contributed by atoms with Crippen molar-refractivity contribution in [2.24, 2.45) is 11.7 Å². The van der Waals surface area contributed by atoms with Crippen molar-refractivity contribution in [3.05, 3.63) is 35.6 Å². The van der Waals surface area contributed by atoms with E-state index >= 15 is 0 Å². The van der Waals surface area contributed by atoms with Gasteiger partial charge >= 0.3 is 0 Å². The van der Waals surface area contributed by atoms with Crippen molar-refractivity contribution in [3.63, 3.8) is 0 Å². The Bertz CT molecular complexity index is 271. The first-order chi connectivity index (χ1) is 6.59. The van der Waals surface area contributed by atoms with Crippen molar-refractivity contribution in [2.45, 2.75) is 32.7 Å². The first-order valence-corrected chi connectivity index (χ1v) is 5.10. The zero-order valence-electron chi connectivity index (χ0n) is 9.24. The second-order valence-corrected chi connectivity index (χ2v) is 4.13. The molecule has 15 heavy (non-hydrogen) atoms. The van der Waals surface area contributed by atoms with E-state index in [-0.39, 0.29) is 24.3 Å².